The number of nitrogens with one attached hydrogen (secondary N) is 1. The minimum atomic E-state index is -0.416. The van der Waals surface area contributed by atoms with Crippen LogP contribution in [-0.4, -0.2) is 11.9 Å². The first-order chi connectivity index (χ1) is 9.16. The first-order valence-corrected chi connectivity index (χ1v) is 7.35. The standard InChI is InChI=1S/C15H21ClN2O/c16-12-9-7-11(8-10-12)14(15(17)19)18-13-5-3-1-2-4-6-13/h7-10,13-14,18H,1-6H2,(H2,17,19). The number of hydrogen-bond donors (Lipinski definition) is 2. The molecule has 1 aromatic rings. The molecule has 1 saturated carbocycles. The van der Waals surface area contributed by atoms with Gasteiger partial charge in [-0.2, -0.15) is 0 Å². The van der Waals surface area contributed by atoms with Gasteiger partial charge in [-0.3, -0.25) is 10.1 Å². The number of amides is 1. The quantitative estimate of drug-likeness (QED) is 0.832. The van der Waals surface area contributed by atoms with Crippen molar-refractivity contribution in [2.45, 2.75) is 50.6 Å². The molecule has 0 spiro atoms. The third-order valence-corrected chi connectivity index (χ3v) is 4.00. The van der Waals surface area contributed by atoms with Gasteiger partial charge in [0, 0.05) is 11.1 Å². The molecular weight excluding hydrogens is 260 g/mol. The number of rotatable bonds is 4. The van der Waals surface area contributed by atoms with Crippen molar-refractivity contribution in [2.24, 2.45) is 5.73 Å². The average Bonchev–Trinajstić information content (AvgIpc) is 2.65. The number of benzene rings is 1. The van der Waals surface area contributed by atoms with Crippen molar-refractivity contribution < 1.29 is 4.79 Å². The molecule has 19 heavy (non-hydrogen) atoms. The van der Waals surface area contributed by atoms with Crippen molar-refractivity contribution >= 4 is 17.5 Å². The van der Waals surface area contributed by atoms with Crippen LogP contribution in [0.4, 0.5) is 0 Å². The van der Waals surface area contributed by atoms with Gasteiger partial charge in [-0.15, -0.1) is 0 Å². The Morgan fingerprint density at radius 3 is 2.26 bits per heavy atom. The molecule has 1 amide bonds. The average molecular weight is 281 g/mol. The van der Waals surface area contributed by atoms with Crippen molar-refractivity contribution in [2.75, 3.05) is 0 Å². The lowest BCUT2D eigenvalue weighted by atomic mass is 10.0. The van der Waals surface area contributed by atoms with Crippen LogP contribution < -0.4 is 11.1 Å². The Kier molecular flexibility index (Phi) is 5.23. The molecule has 0 aliphatic heterocycles. The molecule has 0 saturated heterocycles. The third kappa shape index (κ3) is 4.22. The molecule has 3 nitrogen and oxygen atoms in total. The summed E-state index contributed by atoms with van der Waals surface area (Å²) in [6, 6.07) is 7.28. The summed E-state index contributed by atoms with van der Waals surface area (Å²) in [5.74, 6) is -0.327. The SMILES string of the molecule is NC(=O)C(NC1CCCCCC1)c1ccc(Cl)cc1. The van der Waals surface area contributed by atoms with E-state index in [1.807, 2.05) is 12.1 Å². The maximum Gasteiger partial charge on any atom is 0.239 e. The van der Waals surface area contributed by atoms with Gasteiger partial charge in [0.1, 0.15) is 6.04 Å². The maximum absolute atomic E-state index is 11.7. The summed E-state index contributed by atoms with van der Waals surface area (Å²) < 4.78 is 0. The highest BCUT2D eigenvalue weighted by Gasteiger charge is 2.22. The van der Waals surface area contributed by atoms with Gasteiger partial charge < -0.3 is 5.73 Å². The first-order valence-electron chi connectivity index (χ1n) is 6.97. The van der Waals surface area contributed by atoms with E-state index in [9.17, 15) is 4.79 Å². The molecule has 0 aromatic heterocycles. The summed E-state index contributed by atoms with van der Waals surface area (Å²) >= 11 is 5.87. The molecule has 1 unspecified atom stereocenters. The fourth-order valence-electron chi connectivity index (χ4n) is 2.68. The number of hydrogen-bond acceptors (Lipinski definition) is 2. The molecule has 1 aliphatic rings. The predicted octanol–water partition coefficient (Wildman–Crippen LogP) is 3.18. The zero-order valence-corrected chi connectivity index (χ0v) is 11.8. The van der Waals surface area contributed by atoms with Crippen LogP contribution in [-0.2, 0) is 4.79 Å². The Morgan fingerprint density at radius 2 is 1.74 bits per heavy atom. The predicted molar refractivity (Wildman–Crippen MR) is 78.0 cm³/mol. The normalized spacial score (nSPS) is 18.8. The fraction of sp³-hybridized carbons (Fsp3) is 0.533. The molecule has 1 aliphatic carbocycles. The van der Waals surface area contributed by atoms with Gasteiger partial charge in [0.25, 0.3) is 0 Å². The smallest absolute Gasteiger partial charge is 0.239 e. The lowest BCUT2D eigenvalue weighted by Crippen LogP contribution is -2.39. The molecule has 1 fully saturated rings. The van der Waals surface area contributed by atoms with Crippen LogP contribution >= 0.6 is 11.6 Å². The lowest BCUT2D eigenvalue weighted by Gasteiger charge is -2.23. The summed E-state index contributed by atoms with van der Waals surface area (Å²) in [7, 11) is 0. The van der Waals surface area contributed by atoms with Gasteiger partial charge in [-0.25, -0.2) is 0 Å². The van der Waals surface area contributed by atoms with Crippen LogP contribution in [0.1, 0.15) is 50.1 Å². The monoisotopic (exact) mass is 280 g/mol. The van der Waals surface area contributed by atoms with Gasteiger partial charge >= 0.3 is 0 Å². The molecule has 4 heteroatoms. The second kappa shape index (κ2) is 6.92. The van der Waals surface area contributed by atoms with E-state index in [1.54, 1.807) is 12.1 Å². The third-order valence-electron chi connectivity index (χ3n) is 3.75. The van der Waals surface area contributed by atoms with Crippen molar-refractivity contribution in [1.29, 1.82) is 0 Å². The van der Waals surface area contributed by atoms with E-state index in [1.165, 1.54) is 25.7 Å². The minimum absolute atomic E-state index is 0.327. The van der Waals surface area contributed by atoms with Gasteiger partial charge in [0.05, 0.1) is 0 Å². The van der Waals surface area contributed by atoms with E-state index in [2.05, 4.69) is 5.32 Å². The van der Waals surface area contributed by atoms with Crippen molar-refractivity contribution in [1.82, 2.24) is 5.32 Å². The van der Waals surface area contributed by atoms with Crippen LogP contribution in [0.15, 0.2) is 24.3 Å². The van der Waals surface area contributed by atoms with Crippen molar-refractivity contribution in [3.63, 3.8) is 0 Å². The molecule has 3 N–H and O–H groups in total. The molecule has 0 heterocycles. The van der Waals surface area contributed by atoms with Crippen LogP contribution in [0.25, 0.3) is 0 Å². The summed E-state index contributed by atoms with van der Waals surface area (Å²) in [5, 5.41) is 4.08. The van der Waals surface area contributed by atoms with Crippen molar-refractivity contribution in [3.8, 4) is 0 Å². The Balaban J connectivity index is 2.07. The van der Waals surface area contributed by atoms with Crippen LogP contribution in [0.3, 0.4) is 0 Å². The molecule has 1 atom stereocenters. The number of primary amides is 1. The highest BCUT2D eigenvalue weighted by atomic mass is 35.5. The molecule has 104 valence electrons. The lowest BCUT2D eigenvalue weighted by molar-refractivity contribution is -0.120. The van der Waals surface area contributed by atoms with Gasteiger partial charge in [-0.1, -0.05) is 49.4 Å². The van der Waals surface area contributed by atoms with Crippen LogP contribution in [0.5, 0.6) is 0 Å². The molecule has 2 rings (SSSR count). The second-order valence-electron chi connectivity index (χ2n) is 5.24. The summed E-state index contributed by atoms with van der Waals surface area (Å²) in [6.45, 7) is 0. The summed E-state index contributed by atoms with van der Waals surface area (Å²) in [4.78, 5) is 11.7. The van der Waals surface area contributed by atoms with E-state index in [0.717, 1.165) is 18.4 Å². The second-order valence-corrected chi connectivity index (χ2v) is 5.68. The zero-order valence-electron chi connectivity index (χ0n) is 11.1. The minimum Gasteiger partial charge on any atom is -0.368 e. The van der Waals surface area contributed by atoms with E-state index in [-0.39, 0.29) is 5.91 Å². The van der Waals surface area contributed by atoms with Crippen LogP contribution in [0, 0.1) is 0 Å². The largest absolute Gasteiger partial charge is 0.368 e. The van der Waals surface area contributed by atoms with E-state index >= 15 is 0 Å². The molecule has 0 bridgehead atoms. The van der Waals surface area contributed by atoms with E-state index in [0.29, 0.717) is 11.1 Å². The Labute approximate surface area is 119 Å². The van der Waals surface area contributed by atoms with Crippen LogP contribution in [0.2, 0.25) is 5.02 Å². The van der Waals surface area contributed by atoms with E-state index < -0.39 is 6.04 Å². The summed E-state index contributed by atoms with van der Waals surface area (Å²) in [6.07, 6.45) is 7.28. The number of carbonyl (C=O) groups excluding carboxylic acids is 1. The van der Waals surface area contributed by atoms with Crippen molar-refractivity contribution in [3.05, 3.63) is 34.9 Å². The summed E-state index contributed by atoms with van der Waals surface area (Å²) in [5.41, 5.74) is 6.42. The van der Waals surface area contributed by atoms with Gasteiger partial charge in [0.2, 0.25) is 5.91 Å². The number of carbonyl (C=O) groups is 1. The molecule has 1 aromatic carbocycles. The van der Waals surface area contributed by atoms with Gasteiger partial charge in [0.15, 0.2) is 0 Å². The fourth-order valence-corrected chi connectivity index (χ4v) is 2.81. The Hall–Kier alpha value is -1.06. The van der Waals surface area contributed by atoms with Gasteiger partial charge in [-0.05, 0) is 30.5 Å². The highest BCUT2D eigenvalue weighted by molar-refractivity contribution is 6.30. The molecular formula is C15H21ClN2O. The number of halogens is 1. The number of nitrogens with two attached hydrogens (primary N) is 1. The first kappa shape index (κ1) is 14.4. The molecule has 0 radical (unpaired) electrons. The Bertz CT molecular complexity index is 411. The topological polar surface area (TPSA) is 55.1 Å². The Morgan fingerprint density at radius 1 is 1.16 bits per heavy atom. The zero-order chi connectivity index (χ0) is 13.7. The highest BCUT2D eigenvalue weighted by Crippen LogP contribution is 2.22. The van der Waals surface area contributed by atoms with E-state index in [4.69, 9.17) is 17.3 Å². The maximum atomic E-state index is 11.7.